The molecule has 2 aromatic rings. The number of halogens is 4. The number of nitrogens with zero attached hydrogens (tertiary/aromatic N) is 4. The number of rotatable bonds is 9. The first-order chi connectivity index (χ1) is 22.1. The lowest BCUT2D eigenvalue weighted by molar-refractivity contribution is -0.137. The molecule has 0 bridgehead atoms. The van der Waals surface area contributed by atoms with Gasteiger partial charge >= 0.3 is 6.18 Å². The van der Waals surface area contributed by atoms with Crippen LogP contribution in [-0.4, -0.2) is 52.5 Å². The van der Waals surface area contributed by atoms with Gasteiger partial charge in [-0.25, -0.2) is 5.53 Å². The van der Waals surface area contributed by atoms with E-state index < -0.39 is 29.4 Å². The van der Waals surface area contributed by atoms with Crippen LogP contribution in [0.3, 0.4) is 0 Å². The molecule has 1 spiro atoms. The number of hydrazone groups is 1. The van der Waals surface area contributed by atoms with Crippen molar-refractivity contribution in [3.63, 3.8) is 0 Å². The third-order valence-electron chi connectivity index (χ3n) is 9.60. The van der Waals surface area contributed by atoms with Crippen molar-refractivity contribution < 1.29 is 22.8 Å². The number of likely N-dealkylation sites (N-methyl/N-ethyl adjacent to an activating group) is 1. The fraction of sp³-hybridized carbons (Fsp3) is 0.529. The fourth-order valence-corrected chi connectivity index (χ4v) is 7.08. The van der Waals surface area contributed by atoms with E-state index in [0.717, 1.165) is 43.4 Å². The lowest BCUT2D eigenvalue weighted by Gasteiger charge is -2.47. The van der Waals surface area contributed by atoms with Gasteiger partial charge in [0.15, 0.2) is 5.84 Å². The maximum absolute atomic E-state index is 14.5. The highest BCUT2D eigenvalue weighted by Gasteiger charge is 2.52. The molecule has 2 aliphatic heterocycles. The Morgan fingerprint density at radius 2 is 1.81 bits per heavy atom. The normalized spacial score (nSPS) is 22.3. The van der Waals surface area contributed by atoms with Crippen LogP contribution in [0.25, 0.3) is 0 Å². The van der Waals surface area contributed by atoms with Gasteiger partial charge in [-0.2, -0.15) is 13.2 Å². The summed E-state index contributed by atoms with van der Waals surface area (Å²) in [5.74, 6) is 0.361. The van der Waals surface area contributed by atoms with Gasteiger partial charge in [-0.3, -0.25) is 19.6 Å². The van der Waals surface area contributed by atoms with Crippen LogP contribution in [0.1, 0.15) is 106 Å². The van der Waals surface area contributed by atoms with Gasteiger partial charge in [-0.1, -0.05) is 64.3 Å². The molecule has 1 atom stereocenters. The number of carbonyl (C=O) groups excluding carboxylic acids is 2. The largest absolute Gasteiger partial charge is 0.416 e. The summed E-state index contributed by atoms with van der Waals surface area (Å²) in [5, 5.41) is 8.47. The number of hydrogen-bond donors (Lipinski definition) is 3. The maximum atomic E-state index is 14.5. The van der Waals surface area contributed by atoms with E-state index in [1.807, 2.05) is 17.0 Å². The molecule has 9 nitrogen and oxygen atoms in total. The number of amidine groups is 1. The molecular formula is C34H43ClF3N7O2. The molecule has 2 heterocycles. The number of benzene rings is 2. The highest BCUT2D eigenvalue weighted by Crippen LogP contribution is 2.50. The van der Waals surface area contributed by atoms with Crippen LogP contribution in [0.5, 0.6) is 0 Å². The molecule has 47 heavy (non-hydrogen) atoms. The molecule has 13 heteroatoms. The average Bonchev–Trinajstić information content (AvgIpc) is 3.55. The molecule has 1 aliphatic carbocycles. The number of nitrogens with one attached hydrogen (secondary N) is 3. The molecular weight excluding hydrogens is 631 g/mol. The van der Waals surface area contributed by atoms with Crippen molar-refractivity contribution in [3.05, 3.63) is 69.7 Å². The predicted octanol–water partition coefficient (Wildman–Crippen LogP) is 6.85. The molecule has 0 radical (unpaired) electrons. The second kappa shape index (κ2) is 13.5. The minimum Gasteiger partial charge on any atom is -0.345 e. The minimum absolute atomic E-state index is 0.00785. The molecule has 1 saturated carbocycles. The van der Waals surface area contributed by atoms with Gasteiger partial charge in [0.1, 0.15) is 11.4 Å². The molecule has 254 valence electrons. The molecule has 2 amide bonds. The summed E-state index contributed by atoms with van der Waals surface area (Å²) in [6.07, 6.45) is 0.574. The summed E-state index contributed by atoms with van der Waals surface area (Å²) >= 11 is 6.17. The van der Waals surface area contributed by atoms with Crippen LogP contribution in [0, 0.1) is 11.3 Å². The van der Waals surface area contributed by atoms with E-state index in [0.29, 0.717) is 36.6 Å². The van der Waals surface area contributed by atoms with E-state index in [9.17, 15) is 22.8 Å². The third-order valence-corrected chi connectivity index (χ3v) is 9.81. The van der Waals surface area contributed by atoms with Crippen LogP contribution in [0.4, 0.5) is 13.2 Å². The van der Waals surface area contributed by atoms with Gasteiger partial charge in [-0.15, -0.1) is 10.6 Å². The zero-order chi connectivity index (χ0) is 34.1. The van der Waals surface area contributed by atoms with Gasteiger partial charge in [0.25, 0.3) is 11.8 Å². The van der Waals surface area contributed by atoms with Gasteiger partial charge in [0.05, 0.1) is 18.2 Å². The molecule has 1 unspecified atom stereocenters. The number of unbranched alkanes of at least 4 members (excludes halogenated alkanes) is 1. The van der Waals surface area contributed by atoms with Gasteiger partial charge < -0.3 is 10.2 Å². The minimum atomic E-state index is -4.63. The topological polar surface area (TPSA) is 101 Å². The van der Waals surface area contributed by atoms with E-state index in [1.165, 1.54) is 6.07 Å². The first-order valence-corrected chi connectivity index (χ1v) is 16.5. The van der Waals surface area contributed by atoms with E-state index in [-0.39, 0.29) is 34.2 Å². The summed E-state index contributed by atoms with van der Waals surface area (Å²) in [7, 11) is 1.77. The van der Waals surface area contributed by atoms with E-state index in [1.54, 1.807) is 24.2 Å². The molecule has 2 aromatic carbocycles. The molecule has 0 aromatic heterocycles. The summed E-state index contributed by atoms with van der Waals surface area (Å²) in [6, 6.07) is 10.0. The Morgan fingerprint density at radius 1 is 1.13 bits per heavy atom. The Labute approximate surface area is 278 Å². The molecule has 3 N–H and O–H groups in total. The number of hydrogen-bond acceptors (Lipinski definition) is 7. The summed E-state index contributed by atoms with van der Waals surface area (Å²) < 4.78 is 41.4. The average molecular weight is 674 g/mol. The number of amides is 2. The summed E-state index contributed by atoms with van der Waals surface area (Å²) in [6.45, 7) is 8.92. The summed E-state index contributed by atoms with van der Waals surface area (Å²) in [5.41, 5.74) is 5.03. The first kappa shape index (κ1) is 34.7. The second-order valence-corrected chi connectivity index (χ2v) is 14.2. The Balaban J connectivity index is 1.49. The molecule has 3 aliphatic rings. The zero-order valence-electron chi connectivity index (χ0n) is 27.5. The van der Waals surface area contributed by atoms with Gasteiger partial charge in [0, 0.05) is 23.2 Å². The highest BCUT2D eigenvalue weighted by molar-refractivity contribution is 6.47. The Kier molecular flexibility index (Phi) is 9.94. The van der Waals surface area contributed by atoms with Crippen LogP contribution >= 0.6 is 11.6 Å². The van der Waals surface area contributed by atoms with E-state index >= 15 is 0 Å². The Hall–Kier alpha value is -3.64. The lowest BCUT2D eigenvalue weighted by Crippen LogP contribution is -2.51. The van der Waals surface area contributed by atoms with Crippen molar-refractivity contribution in [1.29, 1.82) is 0 Å². The first-order valence-electron chi connectivity index (χ1n) is 16.1. The number of alkyl halides is 3. The van der Waals surface area contributed by atoms with Crippen LogP contribution in [-0.2, 0) is 11.0 Å². The van der Waals surface area contributed by atoms with Gasteiger partial charge in [0.2, 0.25) is 0 Å². The van der Waals surface area contributed by atoms with Crippen molar-refractivity contribution in [2.24, 2.45) is 21.4 Å². The van der Waals surface area contributed by atoms with E-state index in [2.05, 4.69) is 49.2 Å². The quantitative estimate of drug-likeness (QED) is 0.270. The Bertz CT molecular complexity index is 1540. The van der Waals surface area contributed by atoms with E-state index in [4.69, 9.17) is 16.6 Å². The molecule has 5 rings (SSSR count). The zero-order valence-corrected chi connectivity index (χ0v) is 28.2. The highest BCUT2D eigenvalue weighted by atomic mass is 35.5. The van der Waals surface area contributed by atoms with Gasteiger partial charge in [-0.05, 0) is 79.3 Å². The van der Waals surface area contributed by atoms with Crippen molar-refractivity contribution in [2.45, 2.75) is 90.5 Å². The van der Waals surface area contributed by atoms with Crippen LogP contribution < -0.4 is 16.4 Å². The lowest BCUT2D eigenvalue weighted by atomic mass is 9.69. The molecule has 0 saturated heterocycles. The van der Waals surface area contributed by atoms with Crippen LogP contribution in [0.2, 0.25) is 5.02 Å². The van der Waals surface area contributed by atoms with Crippen molar-refractivity contribution in [2.75, 3.05) is 13.6 Å². The fourth-order valence-electron chi connectivity index (χ4n) is 6.84. The van der Waals surface area contributed by atoms with Crippen LogP contribution in [0.15, 0.2) is 52.6 Å². The Morgan fingerprint density at radius 3 is 2.38 bits per heavy atom. The number of aliphatic imine (C=N–C) groups is 1. The molecule has 1 fully saturated rings. The van der Waals surface area contributed by atoms with Crippen molar-refractivity contribution in [3.8, 4) is 0 Å². The number of hydrazine groups is 2. The van der Waals surface area contributed by atoms with Crippen molar-refractivity contribution >= 4 is 35.0 Å². The smallest absolute Gasteiger partial charge is 0.345 e. The SMILES string of the molecule is CCCCC(c1ccc(C(=O)NCC2=NNNN2C)cc1)N1C(=O)C(c2cc(Cl)cc(C(F)(F)F)c2)=NC12CCC(C(C)(C)C)CC2. The standard InChI is InChI=1S/C34H43ClF3N7O2/c1-6-7-8-27(21-9-11-22(12-10-21)30(46)39-20-28-41-42-43-44(28)5)45-31(47)29(23-17-25(34(36,37)38)19-26(35)18-23)40-33(45)15-13-24(14-16-33)32(2,3)4/h9-12,17-19,24,27,42-43H,6-8,13-16,20H2,1-5H3,(H,39,46). The van der Waals surface area contributed by atoms with Crippen molar-refractivity contribution in [1.82, 2.24) is 26.3 Å². The number of carbonyl (C=O) groups is 2. The predicted molar refractivity (Wildman–Crippen MR) is 176 cm³/mol. The third kappa shape index (κ3) is 7.43. The maximum Gasteiger partial charge on any atom is 0.416 e. The second-order valence-electron chi connectivity index (χ2n) is 13.8. The monoisotopic (exact) mass is 673 g/mol. The summed E-state index contributed by atoms with van der Waals surface area (Å²) in [4.78, 5) is 34.3.